The van der Waals surface area contributed by atoms with Crippen LogP contribution in [0.3, 0.4) is 0 Å². The van der Waals surface area contributed by atoms with Crippen molar-refractivity contribution in [3.8, 4) is 44.5 Å². The zero-order valence-corrected chi connectivity index (χ0v) is 24.6. The fourth-order valence-corrected chi connectivity index (χ4v) is 6.95. The van der Waals surface area contributed by atoms with Crippen LogP contribution in [0.5, 0.6) is 0 Å². The van der Waals surface area contributed by atoms with Crippen LogP contribution in [-0.2, 0) is 0 Å². The number of furan rings is 1. The van der Waals surface area contributed by atoms with E-state index in [4.69, 9.17) is 4.42 Å². The number of hydrogen-bond acceptors (Lipinski definition) is 1. The van der Waals surface area contributed by atoms with Crippen LogP contribution >= 0.6 is 0 Å². The van der Waals surface area contributed by atoms with Crippen molar-refractivity contribution in [2.45, 2.75) is 0 Å². The van der Waals surface area contributed by atoms with Crippen LogP contribution in [0.25, 0.3) is 88.0 Å². The summed E-state index contributed by atoms with van der Waals surface area (Å²) in [7, 11) is 0. The molecule has 1 nitrogen and oxygen atoms in total. The molecule has 8 aromatic carbocycles. The van der Waals surface area contributed by atoms with E-state index in [0.717, 1.165) is 33.1 Å². The van der Waals surface area contributed by atoms with Gasteiger partial charge in [-0.1, -0.05) is 146 Å². The van der Waals surface area contributed by atoms with E-state index >= 15 is 0 Å². The second-order valence-electron chi connectivity index (χ2n) is 11.7. The maximum absolute atomic E-state index is 6.41. The van der Waals surface area contributed by atoms with Gasteiger partial charge in [0.1, 0.15) is 11.2 Å². The molecule has 210 valence electrons. The highest BCUT2D eigenvalue weighted by molar-refractivity contribution is 6.21. The van der Waals surface area contributed by atoms with Crippen molar-refractivity contribution < 1.29 is 4.42 Å². The van der Waals surface area contributed by atoms with Crippen molar-refractivity contribution in [2.24, 2.45) is 0 Å². The first-order chi connectivity index (χ1) is 22.3. The third-order valence-corrected chi connectivity index (χ3v) is 9.08. The lowest BCUT2D eigenvalue weighted by molar-refractivity contribution is 0.669. The first-order valence-corrected chi connectivity index (χ1v) is 15.4. The lowest BCUT2D eigenvalue weighted by atomic mass is 9.86. The summed E-state index contributed by atoms with van der Waals surface area (Å²) < 4.78 is 6.41. The minimum Gasteiger partial charge on any atom is -0.456 e. The summed E-state index contributed by atoms with van der Waals surface area (Å²) in [6.45, 7) is 0. The molecule has 0 N–H and O–H groups in total. The normalized spacial score (nSPS) is 11.6. The van der Waals surface area contributed by atoms with Crippen molar-refractivity contribution in [1.29, 1.82) is 0 Å². The summed E-state index contributed by atoms with van der Waals surface area (Å²) in [4.78, 5) is 0. The van der Waals surface area contributed by atoms with Crippen molar-refractivity contribution >= 4 is 43.5 Å². The average molecular weight is 573 g/mol. The third kappa shape index (κ3) is 4.24. The number of hydrogen-bond donors (Lipinski definition) is 0. The van der Waals surface area contributed by atoms with Gasteiger partial charge in [0.15, 0.2) is 0 Å². The molecular formula is C44H28O. The van der Waals surface area contributed by atoms with Gasteiger partial charge in [-0.25, -0.2) is 0 Å². The Balaban J connectivity index is 1.15. The molecule has 0 spiro atoms. The lowest BCUT2D eigenvalue weighted by Gasteiger charge is -2.18. The minimum atomic E-state index is 0.908. The second-order valence-corrected chi connectivity index (χ2v) is 11.7. The Bertz CT molecular complexity index is 2450. The topological polar surface area (TPSA) is 13.1 Å². The van der Waals surface area contributed by atoms with Gasteiger partial charge in [0, 0.05) is 10.8 Å². The second kappa shape index (κ2) is 10.4. The number of rotatable bonds is 4. The minimum absolute atomic E-state index is 0.908. The van der Waals surface area contributed by atoms with Gasteiger partial charge in [-0.2, -0.15) is 0 Å². The average Bonchev–Trinajstić information content (AvgIpc) is 3.48. The monoisotopic (exact) mass is 572 g/mol. The molecule has 1 aromatic heterocycles. The molecule has 0 bridgehead atoms. The van der Waals surface area contributed by atoms with Gasteiger partial charge in [-0.3, -0.25) is 0 Å². The smallest absolute Gasteiger partial charge is 0.136 e. The maximum Gasteiger partial charge on any atom is 0.136 e. The zero-order chi connectivity index (χ0) is 29.7. The molecule has 0 aliphatic rings. The van der Waals surface area contributed by atoms with Gasteiger partial charge in [0.2, 0.25) is 0 Å². The van der Waals surface area contributed by atoms with Gasteiger partial charge in [0.25, 0.3) is 0 Å². The molecular weight excluding hydrogens is 544 g/mol. The molecule has 0 radical (unpaired) electrons. The summed E-state index contributed by atoms with van der Waals surface area (Å²) in [6.07, 6.45) is 0. The van der Waals surface area contributed by atoms with Crippen LogP contribution in [0.15, 0.2) is 174 Å². The summed E-state index contributed by atoms with van der Waals surface area (Å²) >= 11 is 0. The fourth-order valence-electron chi connectivity index (χ4n) is 6.95. The Morgan fingerprint density at radius 3 is 1.04 bits per heavy atom. The van der Waals surface area contributed by atoms with E-state index in [9.17, 15) is 0 Å². The van der Waals surface area contributed by atoms with Crippen LogP contribution in [-0.4, -0.2) is 0 Å². The van der Waals surface area contributed by atoms with Crippen LogP contribution < -0.4 is 0 Å². The Hall–Kier alpha value is -5.92. The summed E-state index contributed by atoms with van der Waals surface area (Å²) in [6, 6.07) is 60.9. The largest absolute Gasteiger partial charge is 0.456 e. The SMILES string of the molecule is c1ccc(-c2ccc3c(c2)oc2cc(-c4ccc(-c5c6ccccc6c(-c6ccccc6)c6ccccc56)cc4)ccc23)cc1. The Morgan fingerprint density at radius 2 is 0.578 bits per heavy atom. The maximum atomic E-state index is 6.41. The predicted octanol–water partition coefficient (Wildman–Crippen LogP) is 12.6. The van der Waals surface area contributed by atoms with E-state index in [2.05, 4.69) is 164 Å². The van der Waals surface area contributed by atoms with E-state index in [1.807, 2.05) is 6.07 Å². The Kier molecular flexibility index (Phi) is 5.89. The van der Waals surface area contributed by atoms with Crippen LogP contribution in [0, 0.1) is 0 Å². The highest BCUT2D eigenvalue weighted by Gasteiger charge is 2.16. The molecule has 0 atom stereocenters. The van der Waals surface area contributed by atoms with Crippen LogP contribution in [0.4, 0.5) is 0 Å². The van der Waals surface area contributed by atoms with E-state index in [-0.39, 0.29) is 0 Å². The molecule has 0 amide bonds. The summed E-state index contributed by atoms with van der Waals surface area (Å²) in [5.74, 6) is 0. The van der Waals surface area contributed by atoms with Gasteiger partial charge < -0.3 is 4.42 Å². The van der Waals surface area contributed by atoms with Gasteiger partial charge in [-0.15, -0.1) is 0 Å². The summed E-state index contributed by atoms with van der Waals surface area (Å²) in [5, 5.41) is 7.35. The fraction of sp³-hybridized carbons (Fsp3) is 0. The lowest BCUT2D eigenvalue weighted by Crippen LogP contribution is -1.90. The van der Waals surface area contributed by atoms with Crippen molar-refractivity contribution in [3.05, 3.63) is 170 Å². The molecule has 1 heteroatoms. The predicted molar refractivity (Wildman–Crippen MR) is 190 cm³/mol. The first kappa shape index (κ1) is 25.6. The van der Waals surface area contributed by atoms with Gasteiger partial charge >= 0.3 is 0 Å². The van der Waals surface area contributed by atoms with E-state index in [1.165, 1.54) is 54.9 Å². The van der Waals surface area contributed by atoms with E-state index < -0.39 is 0 Å². The van der Waals surface area contributed by atoms with Crippen LogP contribution in [0.2, 0.25) is 0 Å². The van der Waals surface area contributed by atoms with Crippen LogP contribution in [0.1, 0.15) is 0 Å². The Labute approximate surface area is 261 Å². The zero-order valence-electron chi connectivity index (χ0n) is 24.6. The Morgan fingerprint density at radius 1 is 0.244 bits per heavy atom. The molecule has 45 heavy (non-hydrogen) atoms. The van der Waals surface area contributed by atoms with Gasteiger partial charge in [0.05, 0.1) is 0 Å². The van der Waals surface area contributed by atoms with Crippen molar-refractivity contribution in [1.82, 2.24) is 0 Å². The molecule has 0 fully saturated rings. The quantitative estimate of drug-likeness (QED) is 0.191. The number of benzene rings is 8. The van der Waals surface area contributed by atoms with Crippen molar-refractivity contribution in [3.63, 3.8) is 0 Å². The molecule has 9 rings (SSSR count). The molecule has 0 saturated heterocycles. The highest BCUT2D eigenvalue weighted by Crippen LogP contribution is 2.44. The molecule has 0 aliphatic heterocycles. The van der Waals surface area contributed by atoms with E-state index in [1.54, 1.807) is 0 Å². The molecule has 1 heterocycles. The van der Waals surface area contributed by atoms with E-state index in [0.29, 0.717) is 0 Å². The standard InChI is InChI=1S/C44H28O/c1-3-11-29(12-4-1)33-23-25-35-36-26-24-34(28-42(36)45-41(35)27-33)30-19-21-32(22-20-30)44-39-17-9-7-15-37(39)43(31-13-5-2-6-14-31)38-16-8-10-18-40(38)44/h1-28H. The molecule has 0 unspecified atom stereocenters. The number of fused-ring (bicyclic) bond motifs is 5. The molecule has 0 aliphatic carbocycles. The first-order valence-electron chi connectivity index (χ1n) is 15.4. The summed E-state index contributed by atoms with van der Waals surface area (Å²) in [5.41, 5.74) is 11.5. The highest BCUT2D eigenvalue weighted by atomic mass is 16.3. The van der Waals surface area contributed by atoms with Crippen molar-refractivity contribution in [2.75, 3.05) is 0 Å². The third-order valence-electron chi connectivity index (χ3n) is 9.08. The molecule has 0 saturated carbocycles. The molecule has 9 aromatic rings. The van der Waals surface area contributed by atoms with Gasteiger partial charge in [-0.05, 0) is 90.3 Å².